The minimum atomic E-state index is -2.80. The number of guanidine groups is 1. The van der Waals surface area contributed by atoms with Crippen molar-refractivity contribution in [3.8, 4) is 5.75 Å². The van der Waals surface area contributed by atoms with Gasteiger partial charge in [0.1, 0.15) is 5.75 Å². The fourth-order valence-electron chi connectivity index (χ4n) is 4.34. The summed E-state index contributed by atoms with van der Waals surface area (Å²) in [5.74, 6) is 0.984. The lowest BCUT2D eigenvalue weighted by atomic mass is 9.88. The van der Waals surface area contributed by atoms with Crippen LogP contribution in [0, 0.1) is 0 Å². The van der Waals surface area contributed by atoms with Gasteiger partial charge in [-0.15, -0.1) is 0 Å². The molecule has 1 aromatic rings. The molecule has 174 valence electrons. The quantitative estimate of drug-likeness (QED) is 0.503. The topological polar surface area (TPSA) is 61.4 Å². The van der Waals surface area contributed by atoms with Crippen LogP contribution in [0.5, 0.6) is 5.75 Å². The molecule has 0 spiro atoms. The number of ether oxygens (including phenoxy) is 2. The number of alkyl halides is 2. The van der Waals surface area contributed by atoms with Gasteiger partial charge < -0.3 is 29.9 Å². The van der Waals surface area contributed by atoms with E-state index in [0.29, 0.717) is 0 Å². The molecule has 2 aliphatic rings. The molecule has 1 unspecified atom stereocenters. The third-order valence-electron chi connectivity index (χ3n) is 6.37. The van der Waals surface area contributed by atoms with Crippen molar-refractivity contribution in [1.29, 1.82) is 0 Å². The second kappa shape index (κ2) is 10.9. The Labute approximate surface area is 183 Å². The number of rotatable bonds is 7. The summed E-state index contributed by atoms with van der Waals surface area (Å²) in [4.78, 5) is 8.99. The molecule has 1 aromatic carbocycles. The van der Waals surface area contributed by atoms with E-state index >= 15 is 0 Å². The zero-order chi connectivity index (χ0) is 22.3. The van der Waals surface area contributed by atoms with Gasteiger partial charge in [-0.1, -0.05) is 0 Å². The molecule has 0 aromatic heterocycles. The van der Waals surface area contributed by atoms with Crippen LogP contribution < -0.4 is 20.3 Å². The predicted octanol–water partition coefficient (Wildman–Crippen LogP) is 2.53. The van der Waals surface area contributed by atoms with Crippen LogP contribution in [0.3, 0.4) is 0 Å². The Bertz CT molecular complexity index is 708. The van der Waals surface area contributed by atoms with Gasteiger partial charge >= 0.3 is 6.61 Å². The number of hydrogen-bond donors (Lipinski definition) is 2. The molecule has 0 radical (unpaired) electrons. The van der Waals surface area contributed by atoms with Crippen LogP contribution in [0.1, 0.15) is 25.7 Å². The molecular weight excluding hydrogens is 404 g/mol. The Hall–Kier alpha value is -2.13. The second-order valence-corrected chi connectivity index (χ2v) is 8.46. The first-order valence-electron chi connectivity index (χ1n) is 10.9. The van der Waals surface area contributed by atoms with Crippen molar-refractivity contribution < 1.29 is 18.3 Å². The molecule has 2 N–H and O–H groups in total. The molecule has 1 atom stereocenters. The average Bonchev–Trinajstić information content (AvgIpc) is 2.77. The number of piperidine rings is 1. The maximum Gasteiger partial charge on any atom is 0.387 e. The lowest BCUT2D eigenvalue weighted by molar-refractivity contribution is -0.0498. The normalized spacial score (nSPS) is 22.0. The van der Waals surface area contributed by atoms with Gasteiger partial charge in [-0.3, -0.25) is 4.99 Å². The average molecular weight is 440 g/mol. The lowest BCUT2D eigenvalue weighted by Gasteiger charge is -2.43. The molecule has 3 rings (SSSR count). The van der Waals surface area contributed by atoms with Gasteiger partial charge in [0, 0.05) is 57.2 Å². The van der Waals surface area contributed by atoms with Gasteiger partial charge in [0.25, 0.3) is 0 Å². The minimum absolute atomic E-state index is 0.0660. The Kier molecular flexibility index (Phi) is 8.31. The molecule has 2 aliphatic heterocycles. The number of aliphatic imine (C=N–C) groups is 1. The van der Waals surface area contributed by atoms with Crippen LogP contribution in [0.4, 0.5) is 14.5 Å². The minimum Gasteiger partial charge on any atom is -0.435 e. The fourth-order valence-corrected chi connectivity index (χ4v) is 4.34. The van der Waals surface area contributed by atoms with Gasteiger partial charge in [-0.25, -0.2) is 0 Å². The van der Waals surface area contributed by atoms with Crippen molar-refractivity contribution in [2.45, 2.75) is 43.9 Å². The molecule has 0 saturated carbocycles. The molecule has 9 heteroatoms. The summed E-state index contributed by atoms with van der Waals surface area (Å²) in [6.45, 7) is 1.33. The molecule has 31 heavy (non-hydrogen) atoms. The summed E-state index contributed by atoms with van der Waals surface area (Å²) >= 11 is 0. The summed E-state index contributed by atoms with van der Waals surface area (Å²) in [6.07, 6.45) is 4.08. The summed E-state index contributed by atoms with van der Waals surface area (Å²) in [7, 11) is 6.05. The fraction of sp³-hybridized carbons (Fsp3) is 0.682. The van der Waals surface area contributed by atoms with E-state index in [4.69, 9.17) is 4.74 Å². The van der Waals surface area contributed by atoms with Crippen molar-refractivity contribution in [3.05, 3.63) is 24.3 Å². The molecule has 2 heterocycles. The predicted molar refractivity (Wildman–Crippen MR) is 119 cm³/mol. The SMILES string of the molecule is CN=C(NCC1(N(C)C)CCOCC1)NC1CCCN(c2ccc(OC(F)F)cc2)C1. The standard InChI is InChI=1S/C22H35F2N5O2/c1-25-21(26-16-22(28(2)3)10-13-30-14-11-22)27-17-5-4-12-29(15-17)18-6-8-19(9-7-18)31-20(23)24/h6-9,17,20H,4-5,10-16H2,1-3H3,(H2,25,26,27). The van der Waals surface area contributed by atoms with Crippen LogP contribution in [-0.4, -0.2) is 83.0 Å². The second-order valence-electron chi connectivity index (χ2n) is 8.46. The van der Waals surface area contributed by atoms with Gasteiger partial charge in [-0.2, -0.15) is 8.78 Å². The maximum absolute atomic E-state index is 12.4. The van der Waals surface area contributed by atoms with Crippen molar-refractivity contribution in [3.63, 3.8) is 0 Å². The first-order chi connectivity index (χ1) is 14.9. The van der Waals surface area contributed by atoms with Crippen molar-refractivity contribution in [1.82, 2.24) is 15.5 Å². The van der Waals surface area contributed by atoms with Gasteiger partial charge in [-0.05, 0) is 64.0 Å². The third kappa shape index (κ3) is 6.43. The monoisotopic (exact) mass is 439 g/mol. The molecule has 0 amide bonds. The molecular formula is C22H35F2N5O2. The summed E-state index contributed by atoms with van der Waals surface area (Å²) < 4.78 is 34.7. The highest BCUT2D eigenvalue weighted by Crippen LogP contribution is 2.26. The van der Waals surface area contributed by atoms with Crippen LogP contribution >= 0.6 is 0 Å². The molecule has 2 fully saturated rings. The number of nitrogens with one attached hydrogen (secondary N) is 2. The van der Waals surface area contributed by atoms with E-state index in [1.165, 1.54) is 0 Å². The highest BCUT2D eigenvalue weighted by Gasteiger charge is 2.35. The van der Waals surface area contributed by atoms with E-state index in [2.05, 4.69) is 44.3 Å². The number of nitrogens with zero attached hydrogens (tertiary/aromatic N) is 3. The summed E-state index contributed by atoms with van der Waals surface area (Å²) in [6, 6.07) is 7.10. The first-order valence-corrected chi connectivity index (χ1v) is 10.9. The Morgan fingerprint density at radius 3 is 2.61 bits per heavy atom. The maximum atomic E-state index is 12.4. The van der Waals surface area contributed by atoms with E-state index in [1.807, 2.05) is 12.1 Å². The van der Waals surface area contributed by atoms with E-state index < -0.39 is 6.61 Å². The van der Waals surface area contributed by atoms with Gasteiger partial charge in [0.15, 0.2) is 5.96 Å². The number of anilines is 1. The smallest absolute Gasteiger partial charge is 0.387 e. The zero-order valence-corrected chi connectivity index (χ0v) is 18.7. The van der Waals surface area contributed by atoms with E-state index in [9.17, 15) is 8.78 Å². The molecule has 0 aliphatic carbocycles. The van der Waals surface area contributed by atoms with Crippen LogP contribution in [0.25, 0.3) is 0 Å². The summed E-state index contributed by atoms with van der Waals surface area (Å²) in [5.41, 5.74) is 1.07. The number of benzene rings is 1. The molecule has 0 bridgehead atoms. The van der Waals surface area contributed by atoms with Crippen molar-refractivity contribution in [2.24, 2.45) is 4.99 Å². The Balaban J connectivity index is 1.54. The number of likely N-dealkylation sites (N-methyl/N-ethyl adjacent to an activating group) is 1. The largest absolute Gasteiger partial charge is 0.435 e. The van der Waals surface area contributed by atoms with E-state index in [-0.39, 0.29) is 17.3 Å². The third-order valence-corrected chi connectivity index (χ3v) is 6.37. The Morgan fingerprint density at radius 1 is 1.29 bits per heavy atom. The van der Waals surface area contributed by atoms with Crippen LogP contribution in [0.2, 0.25) is 0 Å². The first kappa shape index (κ1) is 23.5. The number of hydrogen-bond acceptors (Lipinski definition) is 5. The van der Waals surface area contributed by atoms with Crippen LogP contribution in [0.15, 0.2) is 29.3 Å². The van der Waals surface area contributed by atoms with Crippen LogP contribution in [-0.2, 0) is 4.74 Å². The zero-order valence-electron chi connectivity index (χ0n) is 18.7. The van der Waals surface area contributed by atoms with Gasteiger partial charge in [0.05, 0.1) is 0 Å². The van der Waals surface area contributed by atoms with Crippen molar-refractivity contribution in [2.75, 3.05) is 58.9 Å². The lowest BCUT2D eigenvalue weighted by Crippen LogP contribution is -2.58. The van der Waals surface area contributed by atoms with Gasteiger partial charge in [0.2, 0.25) is 0 Å². The van der Waals surface area contributed by atoms with E-state index in [0.717, 1.165) is 70.2 Å². The highest BCUT2D eigenvalue weighted by molar-refractivity contribution is 5.80. The molecule has 7 nitrogen and oxygen atoms in total. The molecule has 2 saturated heterocycles. The van der Waals surface area contributed by atoms with Crippen molar-refractivity contribution >= 4 is 11.6 Å². The highest BCUT2D eigenvalue weighted by atomic mass is 19.3. The Morgan fingerprint density at radius 2 is 2.00 bits per heavy atom. The summed E-state index contributed by atoms with van der Waals surface area (Å²) in [5, 5.41) is 7.09. The number of halogens is 2. The van der Waals surface area contributed by atoms with E-state index in [1.54, 1.807) is 19.2 Å².